The lowest BCUT2D eigenvalue weighted by atomic mass is 10.1. The van der Waals surface area contributed by atoms with E-state index in [0.717, 1.165) is 9.87 Å². The number of amides is 2. The first-order valence-electron chi connectivity index (χ1n) is 8.42. The number of sulfonamides is 1. The summed E-state index contributed by atoms with van der Waals surface area (Å²) in [6.07, 6.45) is 0.345. The molecule has 0 aliphatic rings. The van der Waals surface area contributed by atoms with E-state index in [1.54, 1.807) is 12.1 Å². The number of nitrogens with one attached hydrogen (secondary N) is 2. The van der Waals surface area contributed by atoms with Crippen LogP contribution >= 0.6 is 0 Å². The molecule has 2 rings (SSSR count). The van der Waals surface area contributed by atoms with Crippen LogP contribution in [0.25, 0.3) is 0 Å². The summed E-state index contributed by atoms with van der Waals surface area (Å²) in [5, 5.41) is 5.34. The molecule has 8 heteroatoms. The van der Waals surface area contributed by atoms with Crippen molar-refractivity contribution in [1.29, 1.82) is 0 Å². The average molecular weight is 389 g/mol. The van der Waals surface area contributed by atoms with E-state index in [4.69, 9.17) is 0 Å². The Morgan fingerprint density at radius 1 is 0.963 bits per heavy atom. The van der Waals surface area contributed by atoms with Gasteiger partial charge in [0.25, 0.3) is 0 Å². The molecule has 0 radical (unpaired) electrons. The van der Waals surface area contributed by atoms with E-state index in [9.17, 15) is 18.0 Å². The van der Waals surface area contributed by atoms with E-state index in [1.807, 2.05) is 30.3 Å². The second-order valence-electron chi connectivity index (χ2n) is 6.13. The Bertz CT molecular complexity index is 896. The van der Waals surface area contributed by atoms with Gasteiger partial charge in [0.05, 0.1) is 11.3 Å². The minimum Gasteiger partial charge on any atom is -0.355 e. The van der Waals surface area contributed by atoms with Gasteiger partial charge in [0.15, 0.2) is 0 Å². The first-order valence-corrected chi connectivity index (χ1v) is 9.86. The lowest BCUT2D eigenvalue weighted by Gasteiger charge is -2.12. The number of nitrogens with zero attached hydrogens (tertiary/aromatic N) is 1. The standard InChI is InChI=1S/C19H23N3O4S/c1-22(2)27(25,26)17-10-6-9-16(14-17)21-18(23)11-12-20-19(24)13-15-7-4-3-5-8-15/h3-10,14H,11-13H2,1-2H3,(H,20,24)(H,21,23). The second-order valence-corrected chi connectivity index (χ2v) is 8.28. The zero-order chi connectivity index (χ0) is 19.9. The summed E-state index contributed by atoms with van der Waals surface area (Å²) in [4.78, 5) is 24.0. The van der Waals surface area contributed by atoms with Gasteiger partial charge in [-0.3, -0.25) is 9.59 Å². The van der Waals surface area contributed by atoms with Gasteiger partial charge in [0, 0.05) is 32.7 Å². The maximum Gasteiger partial charge on any atom is 0.242 e. The summed E-state index contributed by atoms with van der Waals surface area (Å²) in [6.45, 7) is 0.202. The number of carbonyl (C=O) groups is 2. The summed E-state index contributed by atoms with van der Waals surface area (Å²) in [6, 6.07) is 15.4. The number of benzene rings is 2. The topological polar surface area (TPSA) is 95.6 Å². The van der Waals surface area contributed by atoms with Crippen LogP contribution in [0.4, 0.5) is 5.69 Å². The Labute approximate surface area is 159 Å². The minimum atomic E-state index is -3.57. The zero-order valence-corrected chi connectivity index (χ0v) is 16.1. The van der Waals surface area contributed by atoms with Crippen molar-refractivity contribution in [3.8, 4) is 0 Å². The predicted molar refractivity (Wildman–Crippen MR) is 104 cm³/mol. The third-order valence-electron chi connectivity index (χ3n) is 3.78. The fraction of sp³-hybridized carbons (Fsp3) is 0.263. The Kier molecular flexibility index (Phi) is 7.09. The summed E-state index contributed by atoms with van der Waals surface area (Å²) >= 11 is 0. The SMILES string of the molecule is CN(C)S(=O)(=O)c1cccc(NC(=O)CCNC(=O)Cc2ccccc2)c1. The molecule has 0 bridgehead atoms. The van der Waals surface area contributed by atoms with Crippen LogP contribution in [-0.2, 0) is 26.0 Å². The number of anilines is 1. The molecular weight excluding hydrogens is 366 g/mol. The predicted octanol–water partition coefficient (Wildman–Crippen LogP) is 1.62. The molecule has 0 unspecified atom stereocenters. The molecule has 2 aromatic carbocycles. The quantitative estimate of drug-likeness (QED) is 0.717. The monoisotopic (exact) mass is 389 g/mol. The summed E-state index contributed by atoms with van der Waals surface area (Å²) in [7, 11) is -0.682. The smallest absolute Gasteiger partial charge is 0.242 e. The van der Waals surface area contributed by atoms with Crippen LogP contribution < -0.4 is 10.6 Å². The Morgan fingerprint density at radius 2 is 1.67 bits per heavy atom. The highest BCUT2D eigenvalue weighted by molar-refractivity contribution is 7.89. The molecule has 0 aromatic heterocycles. The molecule has 0 aliphatic carbocycles. The van der Waals surface area contributed by atoms with Crippen LogP contribution in [0.1, 0.15) is 12.0 Å². The van der Waals surface area contributed by atoms with E-state index in [1.165, 1.54) is 26.2 Å². The molecule has 0 aliphatic heterocycles. The Morgan fingerprint density at radius 3 is 2.33 bits per heavy atom. The maximum absolute atomic E-state index is 12.1. The second kappa shape index (κ2) is 9.29. The molecule has 27 heavy (non-hydrogen) atoms. The minimum absolute atomic E-state index is 0.0885. The van der Waals surface area contributed by atoms with Crippen LogP contribution in [0.3, 0.4) is 0 Å². The van der Waals surface area contributed by atoms with Gasteiger partial charge in [0.1, 0.15) is 0 Å². The molecule has 2 N–H and O–H groups in total. The van der Waals surface area contributed by atoms with Gasteiger partial charge in [0.2, 0.25) is 21.8 Å². The van der Waals surface area contributed by atoms with Crippen LogP contribution in [0.15, 0.2) is 59.5 Å². The van der Waals surface area contributed by atoms with Gasteiger partial charge in [-0.1, -0.05) is 36.4 Å². The van der Waals surface area contributed by atoms with Crippen molar-refractivity contribution < 1.29 is 18.0 Å². The molecule has 2 aromatic rings. The lowest BCUT2D eigenvalue weighted by Crippen LogP contribution is -2.29. The van der Waals surface area contributed by atoms with Gasteiger partial charge >= 0.3 is 0 Å². The van der Waals surface area contributed by atoms with Crippen molar-refractivity contribution >= 4 is 27.5 Å². The number of hydrogen-bond donors (Lipinski definition) is 2. The average Bonchev–Trinajstić information content (AvgIpc) is 2.62. The lowest BCUT2D eigenvalue weighted by molar-refractivity contribution is -0.120. The largest absolute Gasteiger partial charge is 0.355 e. The summed E-state index contributed by atoms with van der Waals surface area (Å²) in [5.74, 6) is -0.470. The van der Waals surface area contributed by atoms with E-state index in [-0.39, 0.29) is 36.1 Å². The van der Waals surface area contributed by atoms with Crippen LogP contribution in [0.5, 0.6) is 0 Å². The van der Waals surface area contributed by atoms with Crippen LogP contribution in [0.2, 0.25) is 0 Å². The van der Waals surface area contributed by atoms with E-state index in [2.05, 4.69) is 10.6 Å². The van der Waals surface area contributed by atoms with Crippen molar-refractivity contribution in [1.82, 2.24) is 9.62 Å². The normalized spacial score (nSPS) is 11.2. The van der Waals surface area contributed by atoms with Crippen molar-refractivity contribution in [2.75, 3.05) is 26.0 Å². The van der Waals surface area contributed by atoms with Crippen molar-refractivity contribution in [2.24, 2.45) is 0 Å². The summed E-state index contributed by atoms with van der Waals surface area (Å²) < 4.78 is 25.4. The highest BCUT2D eigenvalue weighted by Gasteiger charge is 2.17. The molecular formula is C19H23N3O4S. The molecule has 0 saturated carbocycles. The molecule has 2 amide bonds. The number of hydrogen-bond acceptors (Lipinski definition) is 4. The third-order valence-corrected chi connectivity index (χ3v) is 5.59. The van der Waals surface area contributed by atoms with Gasteiger partial charge in [-0.15, -0.1) is 0 Å². The maximum atomic E-state index is 12.1. The molecule has 0 atom stereocenters. The molecule has 0 fully saturated rings. The van der Waals surface area contributed by atoms with Gasteiger partial charge < -0.3 is 10.6 Å². The van der Waals surface area contributed by atoms with Gasteiger partial charge in [-0.05, 0) is 23.8 Å². The Hall–Kier alpha value is -2.71. The van der Waals surface area contributed by atoms with Crippen LogP contribution in [0, 0.1) is 0 Å². The van der Waals surface area contributed by atoms with E-state index >= 15 is 0 Å². The van der Waals surface area contributed by atoms with Gasteiger partial charge in [-0.25, -0.2) is 12.7 Å². The molecule has 0 spiro atoms. The fourth-order valence-electron chi connectivity index (χ4n) is 2.33. The molecule has 144 valence electrons. The highest BCUT2D eigenvalue weighted by atomic mass is 32.2. The molecule has 0 heterocycles. The van der Waals surface area contributed by atoms with E-state index in [0.29, 0.717) is 5.69 Å². The highest BCUT2D eigenvalue weighted by Crippen LogP contribution is 2.18. The number of rotatable bonds is 8. The van der Waals surface area contributed by atoms with Crippen molar-refractivity contribution in [2.45, 2.75) is 17.7 Å². The Balaban J connectivity index is 1.83. The first-order chi connectivity index (χ1) is 12.8. The van der Waals surface area contributed by atoms with Crippen molar-refractivity contribution in [3.05, 3.63) is 60.2 Å². The fourth-order valence-corrected chi connectivity index (χ4v) is 3.28. The number of carbonyl (C=O) groups excluding carboxylic acids is 2. The summed E-state index contributed by atoms with van der Waals surface area (Å²) in [5.41, 5.74) is 1.29. The molecule has 7 nitrogen and oxygen atoms in total. The zero-order valence-electron chi connectivity index (χ0n) is 15.3. The molecule has 0 saturated heterocycles. The first kappa shape index (κ1) is 20.6. The van der Waals surface area contributed by atoms with Crippen molar-refractivity contribution in [3.63, 3.8) is 0 Å². The third kappa shape index (κ3) is 6.19. The van der Waals surface area contributed by atoms with Crippen LogP contribution in [-0.4, -0.2) is 45.2 Å². The van der Waals surface area contributed by atoms with E-state index < -0.39 is 10.0 Å². The van der Waals surface area contributed by atoms with Gasteiger partial charge in [-0.2, -0.15) is 0 Å².